The number of pyridine rings is 2. The van der Waals surface area contributed by atoms with Gasteiger partial charge in [0.1, 0.15) is 17.4 Å². The maximum Gasteiger partial charge on any atom is 0.328 e. The van der Waals surface area contributed by atoms with Gasteiger partial charge in [-0.3, -0.25) is 29.4 Å². The van der Waals surface area contributed by atoms with Crippen LogP contribution >= 0.6 is 0 Å². The molecule has 18 heteroatoms. The number of rotatable bonds is 11. The number of nitrogens with one attached hydrogen (secondary N) is 2. The van der Waals surface area contributed by atoms with E-state index in [2.05, 4.69) is 64.4 Å². The molecule has 0 atom stereocenters. The van der Waals surface area contributed by atoms with Crippen LogP contribution in [0.1, 0.15) is 122 Å². The molecular formula is C59H70FN11O6. The number of benzene rings is 2. The van der Waals surface area contributed by atoms with Crippen LogP contribution < -0.4 is 25.2 Å². The third kappa shape index (κ3) is 9.47. The van der Waals surface area contributed by atoms with Crippen molar-refractivity contribution in [3.8, 4) is 17.1 Å². The Kier molecular flexibility index (Phi) is 13.5. The lowest BCUT2D eigenvalue weighted by Gasteiger charge is -2.48. The predicted molar refractivity (Wildman–Crippen MR) is 290 cm³/mol. The SMILES string of the molecule is CC(C)n1cnc2cc(-c3ccc4c(c3)N([C@H]3C[C@@H](N5CCCCC5)C3)C(=O)C43CCN(C(=O)C4(C)CCN(C(=O)[C@H]5CC[C@H](Oc6ccc(N7CCC(=O)NC7=O)cn6)CC5)CC4)CC3)nc(Nc3ccccc3F)c21. The maximum atomic E-state index is 15.4. The van der Waals surface area contributed by atoms with Crippen molar-refractivity contribution in [1.29, 1.82) is 0 Å². The highest BCUT2D eigenvalue weighted by Gasteiger charge is 2.56. The number of likely N-dealkylation sites (tertiary alicyclic amines) is 3. The Hall–Kier alpha value is -6.95. The molecule has 17 nitrogen and oxygen atoms in total. The van der Waals surface area contributed by atoms with Gasteiger partial charge in [-0.1, -0.05) is 37.6 Å². The van der Waals surface area contributed by atoms with Gasteiger partial charge in [0.25, 0.3) is 0 Å². The van der Waals surface area contributed by atoms with Gasteiger partial charge in [0.05, 0.1) is 40.5 Å². The number of halogens is 1. The zero-order valence-electron chi connectivity index (χ0n) is 44.5. The van der Waals surface area contributed by atoms with Gasteiger partial charge >= 0.3 is 6.03 Å². The molecule has 6 fully saturated rings. The molecule has 6 amide bonds. The number of piperidine rings is 3. The number of nitrogens with zero attached hydrogens (tertiary/aromatic N) is 9. The first kappa shape index (κ1) is 50.8. The van der Waals surface area contributed by atoms with E-state index in [0.29, 0.717) is 106 Å². The fourth-order valence-electron chi connectivity index (χ4n) is 13.5. The second-order valence-corrected chi connectivity index (χ2v) is 23.3. The van der Waals surface area contributed by atoms with Crippen LogP contribution in [-0.2, 0) is 24.6 Å². The summed E-state index contributed by atoms with van der Waals surface area (Å²) in [6.45, 7) is 10.7. The smallest absolute Gasteiger partial charge is 0.328 e. The first-order valence-electron chi connectivity index (χ1n) is 28.2. The summed E-state index contributed by atoms with van der Waals surface area (Å²) in [6.07, 6.45) is 14.2. The lowest BCUT2D eigenvalue weighted by molar-refractivity contribution is -0.150. The number of anilines is 4. The summed E-state index contributed by atoms with van der Waals surface area (Å²) in [5, 5.41) is 5.61. The molecule has 0 bridgehead atoms. The fraction of sp³-hybridized carbons (Fsp3) is 0.525. The number of hydrogen-bond donors (Lipinski definition) is 2. The first-order chi connectivity index (χ1) is 37.2. The van der Waals surface area contributed by atoms with E-state index in [1.165, 1.54) is 30.2 Å². The molecule has 7 aliphatic rings. The Balaban J connectivity index is 0.709. The number of ether oxygens (including phenoxy) is 1. The molecule has 5 aliphatic heterocycles. The van der Waals surface area contributed by atoms with Gasteiger partial charge in [-0.25, -0.2) is 24.1 Å². The summed E-state index contributed by atoms with van der Waals surface area (Å²) in [4.78, 5) is 92.3. The van der Waals surface area contributed by atoms with E-state index in [0.717, 1.165) is 66.6 Å². The number of amides is 6. The molecule has 404 valence electrons. The molecule has 2 aromatic carbocycles. The predicted octanol–water partition coefficient (Wildman–Crippen LogP) is 8.89. The minimum atomic E-state index is -0.760. The van der Waals surface area contributed by atoms with Crippen molar-refractivity contribution in [2.45, 2.75) is 140 Å². The lowest BCUT2D eigenvalue weighted by Crippen LogP contribution is -2.59. The molecular weight excluding hydrogens is 978 g/mol. The number of carbonyl (C=O) groups excluding carboxylic acids is 5. The normalized spacial score (nSPS) is 24.5. The van der Waals surface area contributed by atoms with Crippen molar-refractivity contribution in [3.05, 3.63) is 84.6 Å². The Morgan fingerprint density at radius 1 is 0.818 bits per heavy atom. The molecule has 1 spiro atoms. The van der Waals surface area contributed by atoms with Crippen LogP contribution in [0.25, 0.3) is 22.3 Å². The fourth-order valence-corrected chi connectivity index (χ4v) is 13.5. The second kappa shape index (κ2) is 20.4. The molecule has 2 N–H and O–H groups in total. The van der Waals surface area contributed by atoms with Gasteiger partial charge in [-0.15, -0.1) is 0 Å². The van der Waals surface area contributed by atoms with Gasteiger partial charge in [-0.2, -0.15) is 0 Å². The highest BCUT2D eigenvalue weighted by Crippen LogP contribution is 2.53. The average Bonchev–Trinajstić information content (AvgIpc) is 4.22. The Morgan fingerprint density at radius 3 is 2.26 bits per heavy atom. The molecule has 2 aliphatic carbocycles. The summed E-state index contributed by atoms with van der Waals surface area (Å²) >= 11 is 0. The molecule has 2 saturated carbocycles. The standard InChI is InChI=1S/C59H70FN11O6/c1-37(2)70-36-62-48-34-47(64-53(52(48)70)63-46-10-6-5-9-45(46)60)39-13-17-44-49(31-39)71(42-32-41(33-42)66-24-7-4-8-25-66)56(75)59(44)22-29-68(30-23-59)55(74)58(3)20-27-67(28-21-58)54(73)38-11-15-43(16-12-38)77-51-18-14-40(35-61-51)69-26-19-50(72)65-57(69)76/h5-6,9-10,13-14,17-18,31,34-38,41-43H,4,7-8,11-12,15-16,19-30,32-33H2,1-3H3,(H,63,64)(H,65,72,76)/t38-,41-,42+,43-. The number of urea groups is 1. The van der Waals surface area contributed by atoms with Crippen LogP contribution in [0.15, 0.2) is 73.2 Å². The Bertz CT molecular complexity index is 3090. The van der Waals surface area contributed by atoms with E-state index >= 15 is 9.18 Å². The zero-order valence-corrected chi connectivity index (χ0v) is 44.5. The minimum Gasteiger partial charge on any atom is -0.474 e. The lowest BCUT2D eigenvalue weighted by atomic mass is 9.72. The van der Waals surface area contributed by atoms with Crippen LogP contribution in [0.3, 0.4) is 0 Å². The number of imidazole rings is 1. The number of hydrogen-bond acceptors (Lipinski definition) is 11. The van der Waals surface area contributed by atoms with E-state index in [1.54, 1.807) is 42.9 Å². The number of fused-ring (bicyclic) bond motifs is 3. The van der Waals surface area contributed by atoms with Crippen LogP contribution in [-0.4, -0.2) is 128 Å². The number of aromatic nitrogens is 4. The quantitative estimate of drug-likeness (QED) is 0.129. The van der Waals surface area contributed by atoms with E-state index in [9.17, 15) is 19.2 Å². The molecule has 4 saturated heterocycles. The van der Waals surface area contributed by atoms with Gasteiger partial charge in [0, 0.05) is 85.9 Å². The van der Waals surface area contributed by atoms with Gasteiger partial charge in [0.2, 0.25) is 29.5 Å². The second-order valence-electron chi connectivity index (χ2n) is 23.3. The van der Waals surface area contributed by atoms with E-state index in [-0.39, 0.29) is 60.0 Å². The zero-order chi connectivity index (χ0) is 53.2. The third-order valence-electron chi connectivity index (χ3n) is 18.3. The highest BCUT2D eigenvalue weighted by molar-refractivity contribution is 6.10. The monoisotopic (exact) mass is 1050 g/mol. The summed E-state index contributed by atoms with van der Waals surface area (Å²) in [5.74, 6) is 0.579. The number of para-hydroxylation sites is 1. The van der Waals surface area contributed by atoms with Crippen LogP contribution in [0.5, 0.6) is 5.88 Å². The van der Waals surface area contributed by atoms with Crippen molar-refractivity contribution in [2.24, 2.45) is 11.3 Å². The van der Waals surface area contributed by atoms with Gasteiger partial charge in [-0.05, 0) is 140 Å². The summed E-state index contributed by atoms with van der Waals surface area (Å²) in [7, 11) is 0. The van der Waals surface area contributed by atoms with Crippen molar-refractivity contribution in [2.75, 3.05) is 60.9 Å². The van der Waals surface area contributed by atoms with E-state index in [4.69, 9.17) is 14.7 Å². The number of imide groups is 1. The molecule has 5 aromatic rings. The number of carbonyl (C=O) groups is 5. The van der Waals surface area contributed by atoms with Crippen molar-refractivity contribution in [1.82, 2.24) is 39.5 Å². The highest BCUT2D eigenvalue weighted by atomic mass is 19.1. The largest absolute Gasteiger partial charge is 0.474 e. The molecule has 3 aromatic heterocycles. The summed E-state index contributed by atoms with van der Waals surface area (Å²) in [5.41, 5.74) is 4.51. The molecule has 0 unspecified atom stereocenters. The van der Waals surface area contributed by atoms with Crippen LogP contribution in [0, 0.1) is 17.2 Å². The maximum absolute atomic E-state index is 15.4. The first-order valence-corrected chi connectivity index (χ1v) is 28.2. The van der Waals surface area contributed by atoms with Crippen molar-refractivity contribution >= 4 is 63.6 Å². The molecule has 12 rings (SSSR count). The van der Waals surface area contributed by atoms with Gasteiger partial charge in [0.15, 0.2) is 5.82 Å². The molecule has 77 heavy (non-hydrogen) atoms. The van der Waals surface area contributed by atoms with E-state index < -0.39 is 16.9 Å². The van der Waals surface area contributed by atoms with Crippen molar-refractivity contribution < 1.29 is 33.1 Å². The summed E-state index contributed by atoms with van der Waals surface area (Å²) < 4.78 is 23.4. The Morgan fingerprint density at radius 2 is 1.56 bits per heavy atom. The summed E-state index contributed by atoms with van der Waals surface area (Å²) in [6, 6.07) is 18.5. The third-order valence-corrected chi connectivity index (χ3v) is 18.3. The van der Waals surface area contributed by atoms with E-state index in [1.807, 2.05) is 20.4 Å². The Labute approximate surface area is 448 Å². The average molecular weight is 1050 g/mol. The minimum absolute atomic E-state index is 0.0714. The molecule has 0 radical (unpaired) electrons. The van der Waals surface area contributed by atoms with Crippen LogP contribution in [0.4, 0.5) is 32.1 Å². The van der Waals surface area contributed by atoms with Crippen LogP contribution in [0.2, 0.25) is 0 Å². The topological polar surface area (TPSA) is 178 Å². The van der Waals surface area contributed by atoms with Gasteiger partial charge < -0.3 is 34.2 Å². The van der Waals surface area contributed by atoms with Crippen molar-refractivity contribution in [3.63, 3.8) is 0 Å². The molecule has 8 heterocycles.